The average Bonchev–Trinajstić information content (AvgIpc) is 1.77. The van der Waals surface area contributed by atoms with Gasteiger partial charge in [0.25, 0.3) is 5.91 Å². The monoisotopic (exact) mass is 2430 g/mol. The Kier molecular flexibility index (Phi) is 159. The van der Waals surface area contributed by atoms with Crippen LogP contribution in [-0.2, 0) is 326 Å². The second-order valence-electron chi connectivity index (χ2n) is 29.8. The van der Waals surface area contributed by atoms with Gasteiger partial charge in [-0.1, -0.05) is 180 Å². The Morgan fingerprint density at radius 2 is 0.477 bits per heavy atom. The van der Waals surface area contributed by atoms with Crippen LogP contribution in [0.1, 0.15) is 225 Å². The molecule has 1 amide bonds. The average molecular weight is 2430 g/mol. The van der Waals surface area contributed by atoms with Gasteiger partial charge in [0.1, 0.15) is 0 Å². The summed E-state index contributed by atoms with van der Waals surface area (Å²) in [6.07, 6.45) is 28.7. The number of carbonyl (C=O) groups excluding carboxylic acids is 1. The molecule has 0 fully saturated rings. The third-order valence-electron chi connectivity index (χ3n) is 18.2. The zero-order valence-electron chi connectivity index (χ0n) is 88.2. The SMILES string of the molecule is C.C.C.CN1CCCCc2ccccc21.CN1CCCc2ccccc21.CN1CCCc2ccccc2C1.CN1CCSc2ccccc21.CN1CCc2ccccc21.CN1CCc2ccccc2CC1.CN1Cc2ccccc2C1.CN1Cc2ccccc2C1=O.C[CH-]C.C[CH-]C.C[CH-]C.C[CH-]C.C[CH-]C.C[CH-]C.C[CH-]C.C[CH-]C.[CH3-].[CH3-].[CH3-].[CH3-].[CH3-].[CH3-].[CH3-].[CH3-].[Y].[Y].[Y].[Y].[Y].[Y].[Y].[Y]. The van der Waals surface area contributed by atoms with Gasteiger partial charge in [-0.05, 0) is 184 Å². The fourth-order valence-corrected chi connectivity index (χ4v) is 14.1. The molecule has 8 aromatic carbocycles. The van der Waals surface area contributed by atoms with Crippen LogP contribution in [0.2, 0.25) is 0 Å². The van der Waals surface area contributed by atoms with Crippen LogP contribution in [0.5, 0.6) is 0 Å². The van der Waals surface area contributed by atoms with Gasteiger partial charge in [0.15, 0.2) is 0 Å². The third kappa shape index (κ3) is 77.9. The summed E-state index contributed by atoms with van der Waals surface area (Å²) in [5.41, 5.74) is 21.2. The number of anilines is 4. The third-order valence-corrected chi connectivity index (χ3v) is 19.2. The van der Waals surface area contributed by atoms with Crippen molar-refractivity contribution in [3.05, 3.63) is 366 Å². The molecule has 132 heavy (non-hydrogen) atoms. The van der Waals surface area contributed by atoms with Crippen LogP contribution in [-0.4, -0.2) is 133 Å². The molecule has 0 aromatic heterocycles. The number of fused-ring (bicyclic) bond motifs is 8. The molecule has 0 spiro atoms. The minimum absolute atomic E-state index is 0. The van der Waals surface area contributed by atoms with E-state index in [0.29, 0.717) is 0 Å². The van der Waals surface area contributed by atoms with Gasteiger partial charge in [0, 0.05) is 396 Å². The summed E-state index contributed by atoms with van der Waals surface area (Å²) in [4.78, 5) is 30.9. The summed E-state index contributed by atoms with van der Waals surface area (Å²) in [5, 5.41) is 0. The smallest absolute Gasteiger partial charge is 0.254 e. The van der Waals surface area contributed by atoms with Gasteiger partial charge < -0.3 is 145 Å². The molecule has 0 atom stereocenters. The van der Waals surface area contributed by atoms with Crippen molar-refractivity contribution in [3.63, 3.8) is 0 Å². The van der Waals surface area contributed by atoms with E-state index < -0.39 is 0 Å². The fraction of sp³-hybridized carbons (Fsp3) is 0.430. The van der Waals surface area contributed by atoms with Crippen LogP contribution in [0.15, 0.2) is 199 Å². The standard InChI is InChI=1S/3C11H15N.C10H13N.C9H9NO.C9H11NS.2C9H11N.8C3H7.3CH4.8CH3.8Y/c1-12-9-5-4-7-10-6-2-3-8-11(10)12;1-12-8-4-7-10-5-2-3-6-11(10)9-12;1-12-8-6-10-4-2-3-5-11(10)7-9-12;1-11-8-4-6-9-5-2-3-7-10(9)11;1-10-6-7-4-2-3-5-8(7)9(10)11;1-10-6-7-11-9-5-3-2-4-8(9)10;1-10-6-8-4-2-3-5-9(8)7-10;1-10-7-6-8-4-2-3-5-9(8)10;8*1-3-2;;;;;;;;;;;;;;;;;;;/h2-3,6,8H,4-5,7,9H2,1H3;2-3,5-6H,4,7-9H2,1H3;2-5H,6-9H2,1H3;2-3,5,7H,4,6,8H2,1H3;2-5H,6H2,1H3;2-5H,6-7H2,1H3;2*2-5H,6-7H2,1H3;8*3H,1-2H3;3*1H4;8*1H3;;;;;;;;/q;;;;;;;;8*-1;;;;8*-1;;;;;;;;. The van der Waals surface area contributed by atoms with Gasteiger partial charge in [-0.15, -0.1) is 11.8 Å². The van der Waals surface area contributed by atoms with Crippen molar-refractivity contribution in [2.45, 2.75) is 228 Å². The largest absolute Gasteiger partial charge is 0.374 e. The van der Waals surface area contributed by atoms with E-state index in [-0.39, 0.29) is 349 Å². The molecule has 8 radical (unpaired) electrons. The zero-order chi connectivity index (χ0) is 84.0. The van der Waals surface area contributed by atoms with Crippen molar-refractivity contribution in [2.24, 2.45) is 0 Å². The summed E-state index contributed by atoms with van der Waals surface area (Å²) in [6.45, 7) is 44.5. The molecule has 8 aliphatic heterocycles. The molecule has 0 aliphatic carbocycles. The number of thioether (sulfide) groups is 1. The maximum absolute atomic E-state index is 11.3. The van der Waals surface area contributed by atoms with Crippen LogP contribution >= 0.6 is 11.8 Å². The van der Waals surface area contributed by atoms with Gasteiger partial charge in [-0.2, -0.15) is 111 Å². The summed E-state index contributed by atoms with van der Waals surface area (Å²) in [5.74, 6) is 1.36. The van der Waals surface area contributed by atoms with Crippen LogP contribution in [0.3, 0.4) is 0 Å². The topological polar surface area (TPSA) is 43.0 Å². The Balaban J connectivity index is -0.0000000616. The number of para-hydroxylation sites is 4. The summed E-state index contributed by atoms with van der Waals surface area (Å²) < 4.78 is 0. The fourth-order valence-electron chi connectivity index (χ4n) is 13.0. The number of likely N-dealkylation sites (N-methyl/N-ethyl adjacent to an activating group) is 2. The van der Waals surface area contributed by atoms with Crippen LogP contribution < -0.4 is 19.6 Å². The maximum atomic E-state index is 11.3. The molecule has 740 valence electrons. The van der Waals surface area contributed by atoms with Crippen molar-refractivity contribution < 1.29 is 266 Å². The first kappa shape index (κ1) is 179. The number of rotatable bonds is 0. The first-order valence-electron chi connectivity index (χ1n) is 42.0. The Morgan fingerprint density at radius 3 is 0.848 bits per heavy atom. The number of hydrogen-bond donors (Lipinski definition) is 0. The van der Waals surface area contributed by atoms with E-state index in [0.717, 1.165) is 37.3 Å². The summed E-state index contributed by atoms with van der Waals surface area (Å²) >= 11 is 1.95. The van der Waals surface area contributed by atoms with Gasteiger partial charge >= 0.3 is 0 Å². The summed E-state index contributed by atoms with van der Waals surface area (Å²) in [6, 6.07) is 68.5. The molecule has 0 saturated heterocycles. The molecule has 9 nitrogen and oxygen atoms in total. The molecule has 18 heteroatoms. The minimum Gasteiger partial charge on any atom is -0.374 e. The molecular formula is C114H192N8OSY8-16. The van der Waals surface area contributed by atoms with Gasteiger partial charge in [-0.25, -0.2) is 0 Å². The second-order valence-corrected chi connectivity index (χ2v) is 30.9. The quantitative estimate of drug-likeness (QED) is 0.138. The molecule has 16 rings (SSSR count). The van der Waals surface area contributed by atoms with Gasteiger partial charge in [-0.3, -0.25) is 9.69 Å². The molecule has 8 aromatic rings. The van der Waals surface area contributed by atoms with Gasteiger partial charge in [0.2, 0.25) is 0 Å². The predicted molar refractivity (Wildman–Crippen MR) is 578 cm³/mol. The van der Waals surface area contributed by atoms with Crippen LogP contribution in [0, 0.1) is 111 Å². The zero-order valence-corrected chi connectivity index (χ0v) is 112. The Hall–Kier alpha value is 1.49. The number of carbonyl (C=O) groups is 1. The van der Waals surface area contributed by atoms with E-state index in [9.17, 15) is 4.79 Å². The van der Waals surface area contributed by atoms with Gasteiger partial charge in [0.05, 0.1) is 5.69 Å². The molecule has 0 bridgehead atoms. The van der Waals surface area contributed by atoms with E-state index in [1.165, 1.54) is 177 Å². The van der Waals surface area contributed by atoms with Crippen molar-refractivity contribution in [1.29, 1.82) is 0 Å². The predicted octanol–water partition coefficient (Wildman–Crippen LogP) is 30.5. The Bertz CT molecular complexity index is 3540. The number of aryl methyl sites for hydroxylation is 3. The molecule has 8 aliphatic rings. The van der Waals surface area contributed by atoms with Crippen molar-refractivity contribution in [1.82, 2.24) is 19.6 Å². The normalized spacial score (nSPS) is 12.5. The van der Waals surface area contributed by atoms with Crippen LogP contribution in [0.25, 0.3) is 0 Å². The first-order valence-corrected chi connectivity index (χ1v) is 43.0. The molecule has 0 N–H and O–H groups in total. The molecular weight excluding hydrogens is 2240 g/mol. The molecule has 0 unspecified atom stereocenters. The number of nitrogens with zero attached hydrogens (tertiary/aromatic N) is 8. The second kappa shape index (κ2) is 118. The van der Waals surface area contributed by atoms with Crippen LogP contribution in [0.4, 0.5) is 22.7 Å². The first-order chi connectivity index (χ1) is 54.7. The van der Waals surface area contributed by atoms with E-state index in [2.05, 4.69) is 253 Å². The van der Waals surface area contributed by atoms with E-state index >= 15 is 0 Å². The van der Waals surface area contributed by atoms with E-state index in [1.54, 1.807) is 21.6 Å². The summed E-state index contributed by atoms with van der Waals surface area (Å²) in [7, 11) is 17.0. The molecule has 0 saturated carbocycles. The Morgan fingerprint density at radius 1 is 0.227 bits per heavy atom. The van der Waals surface area contributed by atoms with Crippen molar-refractivity contribution in [3.8, 4) is 0 Å². The van der Waals surface area contributed by atoms with E-state index in [1.807, 2.05) is 205 Å². The number of benzene rings is 8. The maximum Gasteiger partial charge on any atom is 0.254 e. The number of amides is 1. The number of hydrogen-bond acceptors (Lipinski definition) is 9. The Labute approximate surface area is 1030 Å². The van der Waals surface area contributed by atoms with Crippen molar-refractivity contribution >= 4 is 40.4 Å². The molecule has 8 heterocycles. The van der Waals surface area contributed by atoms with E-state index in [4.69, 9.17) is 0 Å². The van der Waals surface area contributed by atoms with Crippen molar-refractivity contribution in [2.75, 3.05) is 128 Å². The minimum atomic E-state index is 0.